The van der Waals surface area contributed by atoms with E-state index in [9.17, 15) is 15.3 Å². The van der Waals surface area contributed by atoms with Crippen molar-refractivity contribution < 1.29 is 30.6 Å². The van der Waals surface area contributed by atoms with Gasteiger partial charge < -0.3 is 30.6 Å². The molecular weight excluding hydrogens is 240 g/mol. The molecule has 0 aromatic heterocycles. The van der Waals surface area contributed by atoms with Crippen LogP contribution in [0, 0.1) is 0 Å². The number of hydrogen-bond acceptors (Lipinski definition) is 6. The number of rotatable bonds is 11. The van der Waals surface area contributed by atoms with E-state index in [1.807, 2.05) is 0 Å². The first kappa shape index (κ1) is 17.8. The van der Waals surface area contributed by atoms with Crippen LogP contribution in [0.3, 0.4) is 0 Å². The van der Waals surface area contributed by atoms with E-state index in [1.54, 1.807) is 0 Å². The van der Waals surface area contributed by atoms with Gasteiger partial charge >= 0.3 is 0 Å². The fourth-order valence-corrected chi connectivity index (χ4v) is 2.16. The van der Waals surface area contributed by atoms with Crippen LogP contribution in [0.5, 0.6) is 0 Å². The highest BCUT2D eigenvalue weighted by Gasteiger charge is 2.47. The van der Waals surface area contributed by atoms with Crippen LogP contribution in [0.4, 0.5) is 0 Å². The molecule has 0 amide bonds. The van der Waals surface area contributed by atoms with Crippen LogP contribution in [-0.4, -0.2) is 68.3 Å². The van der Waals surface area contributed by atoms with Crippen LogP contribution in [-0.2, 0) is 0 Å². The van der Waals surface area contributed by atoms with Crippen LogP contribution in [0.25, 0.3) is 0 Å². The fourth-order valence-electron chi connectivity index (χ4n) is 2.16. The molecule has 1 atom stereocenters. The van der Waals surface area contributed by atoms with Crippen molar-refractivity contribution in [2.75, 3.05) is 26.4 Å². The molecule has 0 fully saturated rings. The van der Waals surface area contributed by atoms with Crippen molar-refractivity contribution >= 4 is 0 Å². The zero-order chi connectivity index (χ0) is 14.1. The molecule has 0 aliphatic carbocycles. The first-order valence-electron chi connectivity index (χ1n) is 6.38. The molecule has 0 saturated carbocycles. The lowest BCUT2D eigenvalue weighted by Crippen LogP contribution is -2.57. The molecule has 0 aromatic rings. The molecule has 1 unspecified atom stereocenters. The standard InChI is InChI=1S/C12H26O6/c13-7-1-4-11(17,5-2-8-14)12(18,10-16)6-3-9-15/h13-18H,1-10H2. The number of aliphatic hydroxyl groups is 6. The van der Waals surface area contributed by atoms with Gasteiger partial charge in [0, 0.05) is 19.8 Å². The SMILES string of the molecule is OCCCC(O)(CO)C(O)(CCCO)CCCO. The van der Waals surface area contributed by atoms with E-state index in [0.29, 0.717) is 12.8 Å². The van der Waals surface area contributed by atoms with E-state index in [-0.39, 0.29) is 45.5 Å². The quantitative estimate of drug-likeness (QED) is 0.278. The highest BCUT2D eigenvalue weighted by molar-refractivity contribution is 4.99. The van der Waals surface area contributed by atoms with Gasteiger partial charge in [-0.3, -0.25) is 0 Å². The van der Waals surface area contributed by atoms with Crippen molar-refractivity contribution in [2.24, 2.45) is 0 Å². The summed E-state index contributed by atoms with van der Waals surface area (Å²) in [5, 5.41) is 56.6. The zero-order valence-electron chi connectivity index (χ0n) is 10.8. The first-order chi connectivity index (χ1) is 8.49. The van der Waals surface area contributed by atoms with Crippen LogP contribution in [0.2, 0.25) is 0 Å². The average molecular weight is 266 g/mol. The smallest absolute Gasteiger partial charge is 0.116 e. The van der Waals surface area contributed by atoms with Crippen molar-refractivity contribution in [1.82, 2.24) is 0 Å². The van der Waals surface area contributed by atoms with Gasteiger partial charge in [0.05, 0.1) is 12.2 Å². The molecule has 110 valence electrons. The van der Waals surface area contributed by atoms with Crippen molar-refractivity contribution in [1.29, 1.82) is 0 Å². The van der Waals surface area contributed by atoms with Crippen molar-refractivity contribution in [3.8, 4) is 0 Å². The first-order valence-corrected chi connectivity index (χ1v) is 6.38. The van der Waals surface area contributed by atoms with Gasteiger partial charge in [-0.25, -0.2) is 0 Å². The highest BCUT2D eigenvalue weighted by atomic mass is 16.4. The zero-order valence-corrected chi connectivity index (χ0v) is 10.8. The molecule has 0 aromatic carbocycles. The van der Waals surface area contributed by atoms with E-state index in [0.717, 1.165) is 0 Å². The van der Waals surface area contributed by atoms with Gasteiger partial charge in [0.2, 0.25) is 0 Å². The van der Waals surface area contributed by atoms with Crippen molar-refractivity contribution in [3.63, 3.8) is 0 Å². The van der Waals surface area contributed by atoms with E-state index in [1.165, 1.54) is 0 Å². The fraction of sp³-hybridized carbons (Fsp3) is 1.00. The Balaban J connectivity index is 4.84. The molecule has 0 bridgehead atoms. The Bertz CT molecular complexity index is 203. The molecule has 0 saturated heterocycles. The summed E-state index contributed by atoms with van der Waals surface area (Å²) in [5.74, 6) is 0. The second-order valence-electron chi connectivity index (χ2n) is 4.70. The minimum Gasteiger partial charge on any atom is -0.396 e. The summed E-state index contributed by atoms with van der Waals surface area (Å²) in [6.45, 7) is -1.01. The molecule has 0 heterocycles. The minimum atomic E-state index is -1.72. The molecule has 0 aliphatic rings. The Labute approximate surface area is 108 Å². The topological polar surface area (TPSA) is 121 Å². The minimum absolute atomic E-state index is 0.0629. The Kier molecular flexibility index (Phi) is 8.67. The van der Waals surface area contributed by atoms with Gasteiger partial charge in [-0.1, -0.05) is 0 Å². The summed E-state index contributed by atoms with van der Waals surface area (Å²) in [4.78, 5) is 0. The van der Waals surface area contributed by atoms with E-state index < -0.39 is 17.8 Å². The number of hydrogen-bond donors (Lipinski definition) is 6. The summed E-state index contributed by atoms with van der Waals surface area (Å²) in [6, 6.07) is 0. The Hall–Kier alpha value is -0.240. The van der Waals surface area contributed by atoms with Crippen LogP contribution in [0.1, 0.15) is 38.5 Å². The summed E-state index contributed by atoms with van der Waals surface area (Å²) in [5.41, 5.74) is -3.29. The largest absolute Gasteiger partial charge is 0.396 e. The van der Waals surface area contributed by atoms with Crippen molar-refractivity contribution in [3.05, 3.63) is 0 Å². The molecule has 6 nitrogen and oxygen atoms in total. The monoisotopic (exact) mass is 266 g/mol. The maximum atomic E-state index is 10.5. The lowest BCUT2D eigenvalue weighted by molar-refractivity contribution is -0.186. The third kappa shape index (κ3) is 4.79. The summed E-state index contributed by atoms with van der Waals surface area (Å²) in [6.07, 6.45) is 1.18. The van der Waals surface area contributed by atoms with Gasteiger partial charge in [-0.15, -0.1) is 0 Å². The lowest BCUT2D eigenvalue weighted by atomic mass is 9.74. The van der Waals surface area contributed by atoms with E-state index in [4.69, 9.17) is 15.3 Å². The van der Waals surface area contributed by atoms with Crippen molar-refractivity contribution in [2.45, 2.75) is 49.7 Å². The van der Waals surface area contributed by atoms with Gasteiger partial charge in [-0.2, -0.15) is 0 Å². The van der Waals surface area contributed by atoms with Gasteiger partial charge in [0.15, 0.2) is 0 Å². The van der Waals surface area contributed by atoms with Crippen LogP contribution < -0.4 is 0 Å². The van der Waals surface area contributed by atoms with E-state index in [2.05, 4.69) is 0 Å². The van der Waals surface area contributed by atoms with Crippen LogP contribution >= 0.6 is 0 Å². The number of aliphatic hydroxyl groups excluding tert-OH is 4. The molecule has 18 heavy (non-hydrogen) atoms. The molecular formula is C12H26O6. The molecule has 0 aliphatic heterocycles. The average Bonchev–Trinajstić information content (AvgIpc) is 2.39. The molecule has 0 radical (unpaired) electrons. The predicted molar refractivity (Wildman–Crippen MR) is 65.9 cm³/mol. The van der Waals surface area contributed by atoms with Crippen LogP contribution in [0.15, 0.2) is 0 Å². The van der Waals surface area contributed by atoms with Gasteiger partial charge in [0.1, 0.15) is 5.60 Å². The van der Waals surface area contributed by atoms with Gasteiger partial charge in [-0.05, 0) is 38.5 Å². The second-order valence-corrected chi connectivity index (χ2v) is 4.70. The Morgan fingerprint density at radius 1 is 0.556 bits per heavy atom. The third-order valence-electron chi connectivity index (χ3n) is 3.37. The molecule has 6 N–H and O–H groups in total. The van der Waals surface area contributed by atoms with E-state index >= 15 is 0 Å². The normalized spacial score (nSPS) is 15.7. The summed E-state index contributed by atoms with van der Waals surface area (Å²) in [7, 11) is 0. The molecule has 0 spiro atoms. The third-order valence-corrected chi connectivity index (χ3v) is 3.37. The molecule has 6 heteroatoms. The maximum absolute atomic E-state index is 10.5. The molecule has 0 rings (SSSR count). The predicted octanol–water partition coefficient (Wildman–Crippen LogP) is -1.24. The Morgan fingerprint density at radius 2 is 0.889 bits per heavy atom. The summed E-state index contributed by atoms with van der Waals surface area (Å²) >= 11 is 0. The van der Waals surface area contributed by atoms with Gasteiger partial charge in [0.25, 0.3) is 0 Å². The lowest BCUT2D eigenvalue weighted by Gasteiger charge is -2.43. The second kappa shape index (κ2) is 8.79. The highest BCUT2D eigenvalue weighted by Crippen LogP contribution is 2.35. The Morgan fingerprint density at radius 3 is 1.17 bits per heavy atom. The summed E-state index contributed by atoms with van der Waals surface area (Å²) < 4.78 is 0. The maximum Gasteiger partial charge on any atom is 0.116 e.